The summed E-state index contributed by atoms with van der Waals surface area (Å²) in [5.74, 6) is 0. The van der Waals surface area contributed by atoms with Crippen LogP contribution < -0.4 is 0 Å². The molecule has 0 N–H and O–H groups in total. The fraction of sp³-hybridized carbons (Fsp3) is 0.545. The van der Waals surface area contributed by atoms with Gasteiger partial charge in [0.15, 0.2) is 0 Å². The SMILES string of the molecule is Cl.Cl.[C-]1=CC=CC1.[C-]1=CC=CC1.[CH-]1CCCCC1.[CH-]1CCCCC1.[SiH2]=[Zr]. The van der Waals surface area contributed by atoms with E-state index in [-0.39, 0.29) is 24.8 Å². The molecule has 26 heavy (non-hydrogen) atoms. The number of halogens is 2. The molecule has 0 amide bonds. The van der Waals surface area contributed by atoms with E-state index in [0.717, 1.165) is 12.8 Å². The van der Waals surface area contributed by atoms with Crippen molar-refractivity contribution in [3.05, 3.63) is 61.4 Å². The quantitative estimate of drug-likeness (QED) is 0.257. The molecular formula is C22H36Cl2SiZr-4. The molecule has 2 fully saturated rings. The Kier molecular flexibility index (Phi) is 36.6. The van der Waals surface area contributed by atoms with Crippen molar-refractivity contribution in [2.24, 2.45) is 0 Å². The third-order valence-electron chi connectivity index (χ3n) is 3.80. The zero-order chi connectivity index (χ0) is 17.6. The Morgan fingerprint density at radius 2 is 0.962 bits per heavy atom. The summed E-state index contributed by atoms with van der Waals surface area (Å²) in [5.41, 5.74) is 0. The maximum absolute atomic E-state index is 2.99. The molecule has 0 aromatic carbocycles. The van der Waals surface area contributed by atoms with E-state index in [1.165, 1.54) is 64.2 Å². The Hall–Kier alpha value is 0.640. The summed E-state index contributed by atoms with van der Waals surface area (Å²) in [7, 11) is 0. The van der Waals surface area contributed by atoms with E-state index in [1.54, 1.807) is 23.3 Å². The van der Waals surface area contributed by atoms with Crippen LogP contribution in [0.1, 0.15) is 77.0 Å². The van der Waals surface area contributed by atoms with Gasteiger partial charge in [0.25, 0.3) is 0 Å². The van der Waals surface area contributed by atoms with E-state index in [9.17, 15) is 0 Å². The molecular weight excluding hydrogens is 454 g/mol. The van der Waals surface area contributed by atoms with Crippen molar-refractivity contribution in [1.29, 1.82) is 0 Å². The van der Waals surface area contributed by atoms with Crippen LogP contribution in [0.3, 0.4) is 0 Å². The van der Waals surface area contributed by atoms with Gasteiger partial charge in [-0.1, -0.05) is 38.5 Å². The Morgan fingerprint density at radius 3 is 1.04 bits per heavy atom. The van der Waals surface area contributed by atoms with Crippen molar-refractivity contribution < 1.29 is 23.3 Å². The van der Waals surface area contributed by atoms with Crippen LogP contribution in [0.4, 0.5) is 0 Å². The van der Waals surface area contributed by atoms with Crippen LogP contribution in [0.2, 0.25) is 0 Å². The predicted octanol–water partition coefficient (Wildman–Crippen LogP) is 6.85. The molecule has 2 saturated carbocycles. The number of hydrogen-bond donors (Lipinski definition) is 0. The summed E-state index contributed by atoms with van der Waals surface area (Å²) in [6.07, 6.45) is 39.0. The van der Waals surface area contributed by atoms with E-state index in [0.29, 0.717) is 0 Å². The molecule has 4 aliphatic carbocycles. The van der Waals surface area contributed by atoms with Gasteiger partial charge in [0, 0.05) is 0 Å². The minimum absolute atomic E-state index is 0. The summed E-state index contributed by atoms with van der Waals surface area (Å²) >= 11 is 1.58. The summed E-state index contributed by atoms with van der Waals surface area (Å²) in [5, 5.41) is 0. The molecule has 0 saturated heterocycles. The van der Waals surface area contributed by atoms with Crippen LogP contribution in [-0.2, 0) is 23.3 Å². The Labute approximate surface area is 192 Å². The normalized spacial score (nSPS) is 18.0. The topological polar surface area (TPSA) is 0 Å². The van der Waals surface area contributed by atoms with Crippen molar-refractivity contribution >= 4 is 31.7 Å². The summed E-state index contributed by atoms with van der Waals surface area (Å²) in [6.45, 7) is 1.95. The van der Waals surface area contributed by atoms with Gasteiger partial charge in [0.2, 0.25) is 0 Å². The number of hydrogen-bond acceptors (Lipinski definition) is 0. The van der Waals surface area contributed by atoms with Gasteiger partial charge in [-0.2, -0.15) is 37.8 Å². The molecule has 0 unspecified atom stereocenters. The van der Waals surface area contributed by atoms with E-state index < -0.39 is 0 Å². The average molecular weight is 491 g/mol. The number of rotatable bonds is 0. The van der Waals surface area contributed by atoms with Crippen LogP contribution in [0.5, 0.6) is 0 Å². The van der Waals surface area contributed by atoms with Crippen LogP contribution in [0.25, 0.3) is 0 Å². The second-order valence-electron chi connectivity index (χ2n) is 5.86. The fourth-order valence-electron chi connectivity index (χ4n) is 2.48. The van der Waals surface area contributed by atoms with Gasteiger partial charge in [0.1, 0.15) is 0 Å². The predicted molar refractivity (Wildman–Crippen MR) is 121 cm³/mol. The summed E-state index contributed by atoms with van der Waals surface area (Å²) in [6, 6.07) is 0. The van der Waals surface area contributed by atoms with Gasteiger partial charge in [-0.3, -0.25) is 12.2 Å². The van der Waals surface area contributed by atoms with E-state index in [1.807, 2.05) is 31.2 Å². The molecule has 0 aromatic heterocycles. The Balaban J connectivity index is -0.000000257. The molecule has 0 atom stereocenters. The van der Waals surface area contributed by atoms with Crippen molar-refractivity contribution in [3.63, 3.8) is 0 Å². The van der Waals surface area contributed by atoms with Gasteiger partial charge >= 0.3 is 30.2 Å². The molecule has 0 heterocycles. The maximum atomic E-state index is 2.99. The molecule has 4 rings (SSSR count). The molecule has 0 bridgehead atoms. The molecule has 0 spiro atoms. The van der Waals surface area contributed by atoms with Gasteiger partial charge < -0.3 is 12.8 Å². The molecule has 4 aliphatic rings. The Morgan fingerprint density at radius 1 is 0.615 bits per heavy atom. The Bertz CT molecular complexity index is 280. The second-order valence-corrected chi connectivity index (χ2v) is 5.86. The zero-order valence-electron chi connectivity index (χ0n) is 16.1. The van der Waals surface area contributed by atoms with Crippen molar-refractivity contribution in [2.45, 2.75) is 77.0 Å². The van der Waals surface area contributed by atoms with Crippen LogP contribution >= 0.6 is 24.8 Å². The standard InChI is InChI=1S/2C6H11.2C5H5.2ClH.H2Si.Zr/c2*1-2-4-6-5-3-1;2*1-2-4-5-3-1;;;;/h2*1H,2-6H2;2*1-3H,4H2;2*1H;1H2;/q4*-1;;;;. The molecule has 0 nitrogen and oxygen atoms in total. The first-order valence-electron chi connectivity index (χ1n) is 9.42. The van der Waals surface area contributed by atoms with E-state index in [2.05, 4.69) is 37.1 Å². The summed E-state index contributed by atoms with van der Waals surface area (Å²) in [4.78, 5) is 0. The van der Waals surface area contributed by atoms with Crippen molar-refractivity contribution in [3.8, 4) is 0 Å². The second kappa shape index (κ2) is 30.4. The van der Waals surface area contributed by atoms with Crippen molar-refractivity contribution in [1.82, 2.24) is 0 Å². The van der Waals surface area contributed by atoms with E-state index >= 15 is 0 Å². The van der Waals surface area contributed by atoms with Crippen LogP contribution in [-0.4, -0.2) is 6.88 Å². The fourth-order valence-corrected chi connectivity index (χ4v) is 2.48. The van der Waals surface area contributed by atoms with E-state index in [4.69, 9.17) is 0 Å². The minimum atomic E-state index is 0. The van der Waals surface area contributed by atoms with Crippen molar-refractivity contribution in [2.75, 3.05) is 0 Å². The first kappa shape index (κ1) is 31.3. The van der Waals surface area contributed by atoms with Gasteiger partial charge in [0.05, 0.1) is 0 Å². The molecule has 0 radical (unpaired) electrons. The monoisotopic (exact) mass is 488 g/mol. The first-order valence-corrected chi connectivity index (χ1v) is 15.3. The van der Waals surface area contributed by atoms with Gasteiger partial charge in [-0.25, -0.2) is 24.3 Å². The first-order chi connectivity index (χ1) is 12.0. The third-order valence-corrected chi connectivity index (χ3v) is 3.80. The molecule has 150 valence electrons. The van der Waals surface area contributed by atoms with Gasteiger partial charge in [-0.05, 0) is 0 Å². The van der Waals surface area contributed by atoms with Crippen LogP contribution in [0.15, 0.2) is 36.5 Å². The molecule has 4 heteroatoms. The third kappa shape index (κ3) is 26.9. The molecule has 0 aliphatic heterocycles. The number of allylic oxidation sites excluding steroid dienone is 8. The summed E-state index contributed by atoms with van der Waals surface area (Å²) < 4.78 is 0. The van der Waals surface area contributed by atoms with Crippen LogP contribution in [0, 0.1) is 25.0 Å². The average Bonchev–Trinajstić information content (AvgIpc) is 3.45. The zero-order valence-corrected chi connectivity index (χ0v) is 21.6. The van der Waals surface area contributed by atoms with Gasteiger partial charge in [-0.15, -0.1) is 37.7 Å². The molecule has 0 aromatic rings.